The van der Waals surface area contributed by atoms with Crippen molar-refractivity contribution in [1.82, 2.24) is 0 Å². The summed E-state index contributed by atoms with van der Waals surface area (Å²) in [7, 11) is 0. The Morgan fingerprint density at radius 1 is 1.36 bits per heavy atom. The number of aliphatic carboxylic acids is 2. The molecule has 14 heavy (non-hydrogen) atoms. The highest BCUT2D eigenvalue weighted by atomic mass is 16.4. The minimum Gasteiger partial charge on any atom is -0.480 e. The molecule has 0 aliphatic heterocycles. The fraction of sp³-hybridized carbons (Fsp3) is 0.750. The van der Waals surface area contributed by atoms with E-state index in [2.05, 4.69) is 0 Å². The molecular formula is C8H15NO5. The van der Waals surface area contributed by atoms with Crippen molar-refractivity contribution in [3.63, 3.8) is 0 Å². The molecule has 0 bridgehead atoms. The Balaban J connectivity index is 4.70. The van der Waals surface area contributed by atoms with Crippen molar-refractivity contribution in [2.24, 2.45) is 11.7 Å². The molecular weight excluding hydrogens is 190 g/mol. The summed E-state index contributed by atoms with van der Waals surface area (Å²) in [6.45, 7) is 2.98. The van der Waals surface area contributed by atoms with E-state index in [1.807, 2.05) is 0 Å². The van der Waals surface area contributed by atoms with Crippen LogP contribution in [0, 0.1) is 5.92 Å². The van der Waals surface area contributed by atoms with E-state index in [0.29, 0.717) is 0 Å². The van der Waals surface area contributed by atoms with E-state index in [1.54, 1.807) is 0 Å². The van der Waals surface area contributed by atoms with E-state index < -0.39 is 35.9 Å². The third-order valence-electron chi connectivity index (χ3n) is 2.17. The summed E-state index contributed by atoms with van der Waals surface area (Å²) in [5.41, 5.74) is 3.07. The predicted molar refractivity (Wildman–Crippen MR) is 47.7 cm³/mol. The van der Waals surface area contributed by atoms with Gasteiger partial charge in [-0.1, -0.05) is 13.8 Å². The van der Waals surface area contributed by atoms with Crippen LogP contribution in [0.2, 0.25) is 0 Å². The summed E-state index contributed by atoms with van der Waals surface area (Å²) in [6, 6.07) is -1.38. The van der Waals surface area contributed by atoms with Gasteiger partial charge in [0.05, 0.1) is 0 Å². The zero-order chi connectivity index (χ0) is 11.5. The van der Waals surface area contributed by atoms with Crippen LogP contribution in [-0.4, -0.2) is 38.9 Å². The van der Waals surface area contributed by atoms with Gasteiger partial charge in [0, 0.05) is 6.42 Å². The van der Waals surface area contributed by atoms with Gasteiger partial charge < -0.3 is 21.1 Å². The van der Waals surface area contributed by atoms with Gasteiger partial charge in [0.25, 0.3) is 0 Å². The number of carboxylic acid groups (broad SMARTS) is 2. The van der Waals surface area contributed by atoms with Crippen LogP contribution in [0.3, 0.4) is 0 Å². The van der Waals surface area contributed by atoms with Gasteiger partial charge in [0.2, 0.25) is 0 Å². The van der Waals surface area contributed by atoms with Crippen LogP contribution in [-0.2, 0) is 9.59 Å². The maximum atomic E-state index is 10.7. The molecule has 0 aromatic heterocycles. The fourth-order valence-corrected chi connectivity index (χ4v) is 0.993. The van der Waals surface area contributed by atoms with Crippen molar-refractivity contribution < 1.29 is 24.9 Å². The monoisotopic (exact) mass is 205 g/mol. The van der Waals surface area contributed by atoms with Gasteiger partial charge in [-0.25, -0.2) is 4.79 Å². The molecule has 0 aromatic rings. The van der Waals surface area contributed by atoms with Gasteiger partial charge in [0.1, 0.15) is 6.04 Å². The Morgan fingerprint density at radius 3 is 2.00 bits per heavy atom. The van der Waals surface area contributed by atoms with Gasteiger partial charge in [-0.05, 0) is 5.92 Å². The number of carboxylic acids is 2. The minimum absolute atomic E-state index is 0.505. The summed E-state index contributed by atoms with van der Waals surface area (Å²) >= 11 is 0. The molecule has 6 heteroatoms. The molecule has 0 saturated carbocycles. The number of aliphatic hydroxyl groups is 1. The number of carbonyl (C=O) groups is 2. The van der Waals surface area contributed by atoms with Gasteiger partial charge in [-0.3, -0.25) is 4.79 Å². The molecule has 6 nitrogen and oxygen atoms in total. The zero-order valence-electron chi connectivity index (χ0n) is 8.10. The van der Waals surface area contributed by atoms with E-state index in [1.165, 1.54) is 13.8 Å². The Kier molecular flexibility index (Phi) is 4.03. The maximum absolute atomic E-state index is 10.7. The molecule has 0 saturated heterocycles. The maximum Gasteiger partial charge on any atom is 0.336 e. The molecule has 0 rings (SSSR count). The lowest BCUT2D eigenvalue weighted by Crippen LogP contribution is -2.50. The van der Waals surface area contributed by atoms with Gasteiger partial charge in [-0.2, -0.15) is 0 Å². The van der Waals surface area contributed by atoms with Crippen molar-refractivity contribution in [2.45, 2.75) is 31.9 Å². The molecule has 0 fully saturated rings. The molecule has 0 aromatic carbocycles. The first-order chi connectivity index (χ1) is 6.21. The second kappa shape index (κ2) is 4.39. The molecule has 0 radical (unpaired) electrons. The molecule has 2 atom stereocenters. The Labute approximate surface area is 81.3 Å². The number of rotatable bonds is 5. The van der Waals surface area contributed by atoms with Crippen molar-refractivity contribution in [3.8, 4) is 0 Å². The average molecular weight is 205 g/mol. The molecule has 0 amide bonds. The van der Waals surface area contributed by atoms with Gasteiger partial charge in [-0.15, -0.1) is 0 Å². The largest absolute Gasteiger partial charge is 0.480 e. The fourth-order valence-electron chi connectivity index (χ4n) is 0.993. The second-order valence-electron chi connectivity index (χ2n) is 3.53. The van der Waals surface area contributed by atoms with E-state index in [0.717, 1.165) is 0 Å². The number of hydrogen-bond donors (Lipinski definition) is 4. The summed E-state index contributed by atoms with van der Waals surface area (Å²) in [5, 5.41) is 26.9. The molecule has 82 valence electrons. The van der Waals surface area contributed by atoms with E-state index in [9.17, 15) is 14.7 Å². The minimum atomic E-state index is -2.09. The van der Waals surface area contributed by atoms with E-state index in [-0.39, 0.29) is 0 Å². The average Bonchev–Trinajstić information content (AvgIpc) is 2.02. The third kappa shape index (κ3) is 2.68. The smallest absolute Gasteiger partial charge is 0.336 e. The first kappa shape index (κ1) is 12.9. The normalized spacial score (nSPS) is 17.5. The Bertz CT molecular complexity index is 240. The summed E-state index contributed by atoms with van der Waals surface area (Å²) in [4.78, 5) is 21.1. The lowest BCUT2D eigenvalue weighted by atomic mass is 9.84. The quantitative estimate of drug-likeness (QED) is 0.469. The lowest BCUT2D eigenvalue weighted by Gasteiger charge is -2.28. The Morgan fingerprint density at radius 2 is 1.79 bits per heavy atom. The van der Waals surface area contributed by atoms with Crippen LogP contribution < -0.4 is 5.73 Å². The van der Waals surface area contributed by atoms with Gasteiger partial charge >= 0.3 is 11.9 Å². The highest BCUT2D eigenvalue weighted by Crippen LogP contribution is 2.22. The van der Waals surface area contributed by atoms with E-state index in [4.69, 9.17) is 15.9 Å². The number of hydrogen-bond acceptors (Lipinski definition) is 4. The molecule has 0 heterocycles. The van der Waals surface area contributed by atoms with Crippen LogP contribution in [0.5, 0.6) is 0 Å². The van der Waals surface area contributed by atoms with Crippen LogP contribution in [0.25, 0.3) is 0 Å². The Hall–Kier alpha value is -1.14. The lowest BCUT2D eigenvalue weighted by molar-refractivity contribution is -0.166. The van der Waals surface area contributed by atoms with Crippen LogP contribution in [0.15, 0.2) is 0 Å². The molecule has 0 unspecified atom stereocenters. The summed E-state index contributed by atoms with van der Waals surface area (Å²) in [6.07, 6.45) is -0.505. The topological polar surface area (TPSA) is 121 Å². The SMILES string of the molecule is CC(C)[C@@](O)(C[C@H](N)C(=O)O)C(=O)O. The molecule has 5 N–H and O–H groups in total. The van der Waals surface area contributed by atoms with Crippen molar-refractivity contribution in [3.05, 3.63) is 0 Å². The molecule has 0 aliphatic carbocycles. The first-order valence-electron chi connectivity index (χ1n) is 4.16. The van der Waals surface area contributed by atoms with E-state index >= 15 is 0 Å². The first-order valence-corrected chi connectivity index (χ1v) is 4.16. The summed E-state index contributed by atoms with van der Waals surface area (Å²) < 4.78 is 0. The molecule has 0 aliphatic rings. The number of nitrogens with two attached hydrogens (primary N) is 1. The van der Waals surface area contributed by atoms with Crippen LogP contribution in [0.4, 0.5) is 0 Å². The highest BCUT2D eigenvalue weighted by molar-refractivity contribution is 5.80. The predicted octanol–water partition coefficient (Wildman–Crippen LogP) is -0.740. The standard InChI is InChI=1S/C8H15NO5/c1-4(2)8(14,7(12)13)3-5(9)6(10)11/h4-5,14H,3,9H2,1-2H3,(H,10,11)(H,12,13)/t5-,8-/m0/s1. The van der Waals surface area contributed by atoms with Crippen LogP contribution >= 0.6 is 0 Å². The van der Waals surface area contributed by atoms with Crippen molar-refractivity contribution >= 4 is 11.9 Å². The highest BCUT2D eigenvalue weighted by Gasteiger charge is 2.42. The molecule has 0 spiro atoms. The second-order valence-corrected chi connectivity index (χ2v) is 3.53. The van der Waals surface area contributed by atoms with Crippen LogP contribution in [0.1, 0.15) is 20.3 Å². The zero-order valence-corrected chi connectivity index (χ0v) is 8.10. The third-order valence-corrected chi connectivity index (χ3v) is 2.17. The van der Waals surface area contributed by atoms with Crippen molar-refractivity contribution in [1.29, 1.82) is 0 Å². The van der Waals surface area contributed by atoms with Crippen molar-refractivity contribution in [2.75, 3.05) is 0 Å². The summed E-state index contributed by atoms with van der Waals surface area (Å²) in [5.74, 6) is -3.39. The van der Waals surface area contributed by atoms with Gasteiger partial charge in [0.15, 0.2) is 5.60 Å².